The van der Waals surface area contributed by atoms with Gasteiger partial charge in [0.25, 0.3) is 5.91 Å². The molecular formula is C20H26ClN3O3. The maximum atomic E-state index is 12.4. The van der Waals surface area contributed by atoms with Crippen LogP contribution >= 0.6 is 12.4 Å². The van der Waals surface area contributed by atoms with Crippen LogP contribution in [0.4, 0.5) is 5.88 Å². The number of rotatable bonds is 6. The first kappa shape index (κ1) is 19.9. The van der Waals surface area contributed by atoms with Crippen molar-refractivity contribution in [2.24, 2.45) is 5.92 Å². The SMILES string of the molecule is Cc1cc(NC(=O)c2cccc(C3CC3NCC3CCOCC3)c2)on1.Cl. The van der Waals surface area contributed by atoms with E-state index in [9.17, 15) is 4.79 Å². The number of aromatic nitrogens is 1. The summed E-state index contributed by atoms with van der Waals surface area (Å²) in [4.78, 5) is 12.4. The molecule has 146 valence electrons. The van der Waals surface area contributed by atoms with Gasteiger partial charge in [0, 0.05) is 36.8 Å². The molecule has 27 heavy (non-hydrogen) atoms. The van der Waals surface area contributed by atoms with E-state index in [1.54, 1.807) is 6.07 Å². The Morgan fingerprint density at radius 1 is 1.26 bits per heavy atom. The zero-order valence-electron chi connectivity index (χ0n) is 15.4. The second-order valence-corrected chi connectivity index (χ2v) is 7.32. The van der Waals surface area contributed by atoms with Gasteiger partial charge in [-0.15, -0.1) is 12.4 Å². The summed E-state index contributed by atoms with van der Waals surface area (Å²) in [5.74, 6) is 1.43. The summed E-state index contributed by atoms with van der Waals surface area (Å²) in [5, 5.41) is 10.2. The summed E-state index contributed by atoms with van der Waals surface area (Å²) in [5.41, 5.74) is 2.60. The minimum Gasteiger partial charge on any atom is -0.381 e. The van der Waals surface area contributed by atoms with E-state index in [-0.39, 0.29) is 18.3 Å². The van der Waals surface area contributed by atoms with Crippen LogP contribution in [-0.2, 0) is 4.74 Å². The van der Waals surface area contributed by atoms with Crippen LogP contribution in [0, 0.1) is 12.8 Å². The molecule has 2 fully saturated rings. The molecule has 7 heteroatoms. The highest BCUT2D eigenvalue weighted by atomic mass is 35.5. The molecule has 1 aliphatic carbocycles. The minimum absolute atomic E-state index is 0. The number of carbonyl (C=O) groups is 1. The molecule has 0 radical (unpaired) electrons. The Kier molecular flexibility index (Phi) is 6.52. The second-order valence-electron chi connectivity index (χ2n) is 7.32. The van der Waals surface area contributed by atoms with E-state index in [0.717, 1.165) is 50.6 Å². The summed E-state index contributed by atoms with van der Waals surface area (Å²) in [7, 11) is 0. The molecule has 0 spiro atoms. The molecule has 1 saturated carbocycles. The molecule has 2 aliphatic rings. The van der Waals surface area contributed by atoms with Gasteiger partial charge in [-0.25, -0.2) is 0 Å². The van der Waals surface area contributed by atoms with Crippen LogP contribution in [0.5, 0.6) is 0 Å². The van der Waals surface area contributed by atoms with Gasteiger partial charge >= 0.3 is 0 Å². The van der Waals surface area contributed by atoms with Crippen LogP contribution in [0.25, 0.3) is 0 Å². The van der Waals surface area contributed by atoms with Crippen molar-refractivity contribution in [3.8, 4) is 0 Å². The molecule has 2 unspecified atom stereocenters. The second kappa shape index (κ2) is 8.87. The van der Waals surface area contributed by atoms with Gasteiger partial charge in [-0.3, -0.25) is 10.1 Å². The van der Waals surface area contributed by atoms with Crippen LogP contribution in [0.1, 0.15) is 46.8 Å². The number of ether oxygens (including phenoxy) is 1. The Balaban J connectivity index is 0.00000210. The Morgan fingerprint density at radius 2 is 2.07 bits per heavy atom. The van der Waals surface area contributed by atoms with E-state index in [1.807, 2.05) is 25.1 Å². The number of anilines is 1. The van der Waals surface area contributed by atoms with Crippen LogP contribution in [-0.4, -0.2) is 36.9 Å². The number of aryl methyl sites for hydroxylation is 1. The summed E-state index contributed by atoms with van der Waals surface area (Å²) in [6.45, 7) is 4.67. The average molecular weight is 392 g/mol. The van der Waals surface area contributed by atoms with Crippen molar-refractivity contribution in [3.05, 3.63) is 47.2 Å². The third-order valence-electron chi connectivity index (χ3n) is 5.24. The number of carbonyl (C=O) groups excluding carboxylic acids is 1. The number of amides is 1. The predicted molar refractivity (Wildman–Crippen MR) is 106 cm³/mol. The lowest BCUT2D eigenvalue weighted by molar-refractivity contribution is 0.0662. The molecule has 1 aliphatic heterocycles. The van der Waals surface area contributed by atoms with E-state index in [2.05, 4.69) is 21.9 Å². The first-order valence-electron chi connectivity index (χ1n) is 9.35. The van der Waals surface area contributed by atoms with Crippen LogP contribution in [0.3, 0.4) is 0 Å². The Morgan fingerprint density at radius 3 is 2.81 bits per heavy atom. The zero-order chi connectivity index (χ0) is 17.9. The van der Waals surface area contributed by atoms with Crippen LogP contribution in [0.2, 0.25) is 0 Å². The van der Waals surface area contributed by atoms with Gasteiger partial charge in [-0.05, 0) is 56.3 Å². The van der Waals surface area contributed by atoms with Crippen molar-refractivity contribution in [1.29, 1.82) is 0 Å². The van der Waals surface area contributed by atoms with Gasteiger partial charge in [0.05, 0.1) is 5.69 Å². The van der Waals surface area contributed by atoms with Crippen molar-refractivity contribution in [3.63, 3.8) is 0 Å². The molecule has 4 rings (SSSR count). The van der Waals surface area contributed by atoms with Crippen LogP contribution in [0.15, 0.2) is 34.9 Å². The van der Waals surface area contributed by atoms with Gasteiger partial charge in [-0.2, -0.15) is 0 Å². The molecular weight excluding hydrogens is 366 g/mol. The Labute approximate surface area is 165 Å². The molecule has 2 atom stereocenters. The third kappa shape index (κ3) is 5.09. The third-order valence-corrected chi connectivity index (χ3v) is 5.24. The highest BCUT2D eigenvalue weighted by Gasteiger charge is 2.38. The van der Waals surface area contributed by atoms with Crippen molar-refractivity contribution in [2.45, 2.75) is 38.1 Å². The highest BCUT2D eigenvalue weighted by Crippen LogP contribution is 2.41. The summed E-state index contributed by atoms with van der Waals surface area (Å²) >= 11 is 0. The van der Waals surface area contributed by atoms with Gasteiger partial charge in [0.1, 0.15) is 0 Å². The smallest absolute Gasteiger partial charge is 0.258 e. The van der Waals surface area contributed by atoms with Gasteiger partial charge in [-0.1, -0.05) is 17.3 Å². The number of nitrogens with one attached hydrogen (secondary N) is 2. The Hall–Kier alpha value is -1.89. The van der Waals surface area contributed by atoms with Gasteiger partial charge in [0.15, 0.2) is 0 Å². The normalized spacial score (nSPS) is 22.1. The lowest BCUT2D eigenvalue weighted by atomic mass is 10.0. The van der Waals surface area contributed by atoms with Crippen molar-refractivity contribution < 1.29 is 14.1 Å². The molecule has 6 nitrogen and oxygen atoms in total. The largest absolute Gasteiger partial charge is 0.381 e. The molecule has 2 aromatic rings. The van der Waals surface area contributed by atoms with Gasteiger partial charge in [0.2, 0.25) is 5.88 Å². The van der Waals surface area contributed by atoms with E-state index in [0.29, 0.717) is 23.4 Å². The number of hydrogen-bond donors (Lipinski definition) is 2. The molecule has 1 aromatic heterocycles. The van der Waals surface area contributed by atoms with E-state index in [4.69, 9.17) is 9.26 Å². The molecule has 0 bridgehead atoms. The lowest BCUT2D eigenvalue weighted by Gasteiger charge is -2.22. The fraction of sp³-hybridized carbons (Fsp3) is 0.500. The molecule has 1 saturated heterocycles. The highest BCUT2D eigenvalue weighted by molar-refractivity contribution is 6.03. The van der Waals surface area contributed by atoms with Crippen molar-refractivity contribution in [2.75, 3.05) is 25.1 Å². The van der Waals surface area contributed by atoms with E-state index >= 15 is 0 Å². The summed E-state index contributed by atoms with van der Waals surface area (Å²) in [6.07, 6.45) is 3.44. The summed E-state index contributed by atoms with van der Waals surface area (Å²) < 4.78 is 10.5. The summed E-state index contributed by atoms with van der Waals surface area (Å²) in [6, 6.07) is 10.1. The first-order valence-corrected chi connectivity index (χ1v) is 9.35. The maximum Gasteiger partial charge on any atom is 0.258 e. The standard InChI is InChI=1S/C20H25N3O3.ClH/c1-13-9-19(26-23-13)22-20(24)16-4-2-3-15(10-16)17-11-18(17)21-12-14-5-7-25-8-6-14;/h2-4,9-10,14,17-18,21H,5-8,11-12H2,1H3,(H,22,24);1H. The number of benzene rings is 1. The molecule has 2 N–H and O–H groups in total. The van der Waals surface area contributed by atoms with E-state index < -0.39 is 0 Å². The Bertz CT molecular complexity index is 773. The minimum atomic E-state index is -0.171. The topological polar surface area (TPSA) is 76.4 Å². The lowest BCUT2D eigenvalue weighted by Crippen LogP contribution is -2.29. The monoisotopic (exact) mass is 391 g/mol. The molecule has 1 amide bonds. The maximum absolute atomic E-state index is 12.4. The van der Waals surface area contributed by atoms with Crippen LogP contribution < -0.4 is 10.6 Å². The zero-order valence-corrected chi connectivity index (χ0v) is 16.3. The average Bonchev–Trinajstić information content (AvgIpc) is 3.34. The molecule has 2 heterocycles. The number of halogens is 1. The number of hydrogen-bond acceptors (Lipinski definition) is 5. The number of nitrogens with zero attached hydrogens (tertiary/aromatic N) is 1. The molecule has 1 aromatic carbocycles. The fourth-order valence-electron chi connectivity index (χ4n) is 3.57. The van der Waals surface area contributed by atoms with Gasteiger partial charge < -0.3 is 14.6 Å². The fourth-order valence-corrected chi connectivity index (χ4v) is 3.57. The quantitative estimate of drug-likeness (QED) is 0.787. The first-order chi connectivity index (χ1) is 12.7. The van der Waals surface area contributed by atoms with Crippen molar-refractivity contribution >= 4 is 24.2 Å². The van der Waals surface area contributed by atoms with E-state index in [1.165, 1.54) is 5.56 Å². The van der Waals surface area contributed by atoms with Crippen molar-refractivity contribution in [1.82, 2.24) is 10.5 Å². The predicted octanol–water partition coefficient (Wildman–Crippen LogP) is 3.53.